The van der Waals surface area contributed by atoms with E-state index in [2.05, 4.69) is 15.3 Å². The number of aromatic amines is 1. The van der Waals surface area contributed by atoms with Crippen LogP contribution in [0.5, 0.6) is 0 Å². The number of aromatic nitrogens is 3. The number of halogens is 5. The molecule has 32 heavy (non-hydrogen) atoms. The maximum absolute atomic E-state index is 13.5. The molecular weight excluding hydrogens is 435 g/mol. The number of nitrogens with one attached hydrogen (secondary N) is 2. The first kappa shape index (κ1) is 21.2. The predicted molar refractivity (Wildman–Crippen MR) is 105 cm³/mol. The molecule has 2 heterocycles. The Morgan fingerprint density at radius 1 is 1.06 bits per heavy atom. The molecular formula is C21H13F5N4O2. The van der Waals surface area contributed by atoms with Crippen LogP contribution in [0.4, 0.5) is 27.6 Å². The Balaban J connectivity index is 1.51. The molecule has 11 heteroatoms. The lowest BCUT2D eigenvalue weighted by Gasteiger charge is -2.09. The van der Waals surface area contributed by atoms with Gasteiger partial charge in [-0.2, -0.15) is 18.2 Å². The summed E-state index contributed by atoms with van der Waals surface area (Å²) in [5.41, 5.74) is -0.954. The number of nitrogens with zero attached hydrogens (tertiary/aromatic N) is 2. The van der Waals surface area contributed by atoms with Gasteiger partial charge in [-0.05, 0) is 29.8 Å². The number of fused-ring (bicyclic) bond motifs is 1. The van der Waals surface area contributed by atoms with Crippen molar-refractivity contribution in [1.82, 2.24) is 14.5 Å². The van der Waals surface area contributed by atoms with Crippen molar-refractivity contribution in [3.05, 3.63) is 93.8 Å². The molecule has 0 radical (unpaired) electrons. The molecule has 0 aliphatic carbocycles. The first-order valence-corrected chi connectivity index (χ1v) is 9.13. The zero-order valence-corrected chi connectivity index (χ0v) is 16.0. The summed E-state index contributed by atoms with van der Waals surface area (Å²) < 4.78 is 65.9. The molecule has 4 rings (SSSR count). The van der Waals surface area contributed by atoms with E-state index in [1.54, 1.807) is 0 Å². The quantitative estimate of drug-likeness (QED) is 0.457. The third-order valence-electron chi connectivity index (χ3n) is 4.71. The van der Waals surface area contributed by atoms with Crippen LogP contribution in [0, 0.1) is 11.6 Å². The third kappa shape index (κ3) is 4.22. The molecule has 1 amide bonds. The molecule has 0 bridgehead atoms. The smallest absolute Gasteiger partial charge is 0.359 e. The molecule has 0 unspecified atom stereocenters. The summed E-state index contributed by atoms with van der Waals surface area (Å²) >= 11 is 0. The maximum Gasteiger partial charge on any atom is 0.416 e. The van der Waals surface area contributed by atoms with E-state index < -0.39 is 35.0 Å². The fourth-order valence-electron chi connectivity index (χ4n) is 3.08. The van der Waals surface area contributed by atoms with E-state index in [-0.39, 0.29) is 28.8 Å². The molecule has 4 aromatic rings. The minimum absolute atomic E-state index is 0.0425. The summed E-state index contributed by atoms with van der Waals surface area (Å²) in [6.07, 6.45) is -1.84. The van der Waals surface area contributed by atoms with Crippen molar-refractivity contribution in [2.24, 2.45) is 0 Å². The van der Waals surface area contributed by atoms with Crippen molar-refractivity contribution in [2.45, 2.75) is 12.7 Å². The van der Waals surface area contributed by atoms with Crippen molar-refractivity contribution in [3.8, 4) is 0 Å². The van der Waals surface area contributed by atoms with Gasteiger partial charge in [0.25, 0.3) is 5.91 Å². The fraction of sp³-hybridized carbons (Fsp3) is 0.0952. The van der Waals surface area contributed by atoms with Crippen LogP contribution in [-0.2, 0) is 12.7 Å². The Kier molecular flexibility index (Phi) is 5.25. The van der Waals surface area contributed by atoms with Gasteiger partial charge < -0.3 is 10.3 Å². The zero-order chi connectivity index (χ0) is 23.0. The Bertz CT molecular complexity index is 1370. The van der Waals surface area contributed by atoms with Gasteiger partial charge in [-0.25, -0.2) is 13.6 Å². The summed E-state index contributed by atoms with van der Waals surface area (Å²) in [5, 5.41) is 2.70. The standard InChI is InChI=1S/C21H13F5N4O2/c22-14-7-13-17(8-15(14)23)27-9-18(13)28-19(31)16-5-6-30(20(32)29-16)10-11-1-3-12(4-2-11)21(24,25)26/h1-9,27H,10H2,(H,28,31). The summed E-state index contributed by atoms with van der Waals surface area (Å²) in [7, 11) is 0. The average Bonchev–Trinajstić information content (AvgIpc) is 3.11. The molecule has 0 fully saturated rings. The summed E-state index contributed by atoms with van der Waals surface area (Å²) in [5.74, 6) is -2.89. The minimum Gasteiger partial charge on any atom is -0.359 e. The summed E-state index contributed by atoms with van der Waals surface area (Å²) in [6, 6.07) is 7.43. The van der Waals surface area contributed by atoms with Gasteiger partial charge in [0.2, 0.25) is 0 Å². The number of carbonyl (C=O) groups is 1. The number of anilines is 1. The number of alkyl halides is 3. The van der Waals surface area contributed by atoms with Crippen molar-refractivity contribution in [2.75, 3.05) is 5.32 Å². The first-order valence-electron chi connectivity index (χ1n) is 9.13. The number of hydrogen-bond acceptors (Lipinski definition) is 3. The molecule has 0 spiro atoms. The number of carbonyl (C=O) groups excluding carboxylic acids is 1. The van der Waals surface area contributed by atoms with Gasteiger partial charge in [0.05, 0.1) is 23.3 Å². The molecule has 2 N–H and O–H groups in total. The van der Waals surface area contributed by atoms with E-state index in [4.69, 9.17) is 0 Å². The third-order valence-corrected chi connectivity index (χ3v) is 4.71. The highest BCUT2D eigenvalue weighted by atomic mass is 19.4. The highest BCUT2D eigenvalue weighted by Gasteiger charge is 2.29. The van der Waals surface area contributed by atoms with Gasteiger partial charge in [0.15, 0.2) is 11.6 Å². The van der Waals surface area contributed by atoms with E-state index in [0.717, 1.165) is 28.8 Å². The molecule has 0 atom stereocenters. The molecule has 0 saturated heterocycles. The normalized spacial score (nSPS) is 11.7. The minimum atomic E-state index is -4.46. The number of H-pyrrole nitrogens is 1. The second kappa shape index (κ2) is 7.91. The number of benzene rings is 2. The molecule has 2 aromatic carbocycles. The Labute approximate surface area is 176 Å². The Morgan fingerprint density at radius 3 is 2.41 bits per heavy atom. The molecule has 0 saturated carbocycles. The van der Waals surface area contributed by atoms with Crippen LogP contribution >= 0.6 is 0 Å². The van der Waals surface area contributed by atoms with Crippen molar-refractivity contribution < 1.29 is 26.7 Å². The number of amides is 1. The maximum atomic E-state index is 13.5. The van der Waals surface area contributed by atoms with E-state index in [0.29, 0.717) is 5.56 Å². The lowest BCUT2D eigenvalue weighted by Crippen LogP contribution is -2.27. The van der Waals surface area contributed by atoms with Crippen LogP contribution in [0.1, 0.15) is 21.6 Å². The molecule has 0 aliphatic rings. The second-order valence-electron chi connectivity index (χ2n) is 6.89. The predicted octanol–water partition coefficient (Wildman–Crippen LogP) is 4.32. The van der Waals surface area contributed by atoms with Gasteiger partial charge in [-0.3, -0.25) is 9.36 Å². The second-order valence-corrected chi connectivity index (χ2v) is 6.89. The van der Waals surface area contributed by atoms with Crippen LogP contribution < -0.4 is 11.0 Å². The number of rotatable bonds is 4. The van der Waals surface area contributed by atoms with Crippen LogP contribution in [0.2, 0.25) is 0 Å². The number of hydrogen-bond donors (Lipinski definition) is 2. The van der Waals surface area contributed by atoms with Crippen LogP contribution in [0.15, 0.2) is 59.7 Å². The lowest BCUT2D eigenvalue weighted by atomic mass is 10.1. The van der Waals surface area contributed by atoms with E-state index in [1.807, 2.05) is 0 Å². The largest absolute Gasteiger partial charge is 0.416 e. The zero-order valence-electron chi connectivity index (χ0n) is 16.0. The molecule has 164 valence electrons. The lowest BCUT2D eigenvalue weighted by molar-refractivity contribution is -0.137. The summed E-state index contributed by atoms with van der Waals surface area (Å²) in [6.45, 7) is -0.0425. The molecule has 6 nitrogen and oxygen atoms in total. The SMILES string of the molecule is O=C(Nc1c[nH]c2cc(F)c(F)cc12)c1ccn(Cc2ccc(C(F)(F)F)cc2)c(=O)n1. The van der Waals surface area contributed by atoms with Gasteiger partial charge in [0, 0.05) is 23.8 Å². The van der Waals surface area contributed by atoms with Gasteiger partial charge >= 0.3 is 11.9 Å². The van der Waals surface area contributed by atoms with Crippen molar-refractivity contribution in [1.29, 1.82) is 0 Å². The van der Waals surface area contributed by atoms with Crippen LogP contribution in [0.25, 0.3) is 10.9 Å². The Hall–Kier alpha value is -4.02. The van der Waals surface area contributed by atoms with Crippen LogP contribution in [-0.4, -0.2) is 20.4 Å². The highest BCUT2D eigenvalue weighted by molar-refractivity contribution is 6.08. The van der Waals surface area contributed by atoms with Crippen LogP contribution in [0.3, 0.4) is 0 Å². The van der Waals surface area contributed by atoms with Crippen molar-refractivity contribution in [3.63, 3.8) is 0 Å². The van der Waals surface area contributed by atoms with Crippen molar-refractivity contribution >= 4 is 22.5 Å². The van der Waals surface area contributed by atoms with Gasteiger partial charge in [-0.1, -0.05) is 12.1 Å². The topological polar surface area (TPSA) is 79.8 Å². The van der Waals surface area contributed by atoms with Gasteiger partial charge in [-0.15, -0.1) is 0 Å². The Morgan fingerprint density at radius 2 is 1.75 bits per heavy atom. The first-order chi connectivity index (χ1) is 15.1. The molecule has 0 aliphatic heterocycles. The molecule has 2 aromatic heterocycles. The summed E-state index contributed by atoms with van der Waals surface area (Å²) in [4.78, 5) is 31.1. The highest BCUT2D eigenvalue weighted by Crippen LogP contribution is 2.29. The van der Waals surface area contributed by atoms with Gasteiger partial charge in [0.1, 0.15) is 5.69 Å². The average molecular weight is 448 g/mol. The van der Waals surface area contributed by atoms with E-state index >= 15 is 0 Å². The fourth-order valence-corrected chi connectivity index (χ4v) is 3.08. The van der Waals surface area contributed by atoms with E-state index in [1.165, 1.54) is 30.6 Å². The monoisotopic (exact) mass is 448 g/mol. The van der Waals surface area contributed by atoms with E-state index in [9.17, 15) is 31.5 Å².